The second-order valence-corrected chi connectivity index (χ2v) is 4.01. The van der Waals surface area contributed by atoms with Crippen molar-refractivity contribution in [2.45, 2.75) is 0 Å². The van der Waals surface area contributed by atoms with E-state index < -0.39 is 40.4 Å². The zero-order valence-corrected chi connectivity index (χ0v) is 10.5. The highest BCUT2D eigenvalue weighted by molar-refractivity contribution is 6.09. The van der Waals surface area contributed by atoms with Crippen molar-refractivity contribution in [1.82, 2.24) is 0 Å². The van der Waals surface area contributed by atoms with E-state index in [1.165, 1.54) is 25.3 Å². The molecule has 0 aromatic heterocycles. The summed E-state index contributed by atoms with van der Waals surface area (Å²) in [5.74, 6) is -12.1. The molecule has 0 spiro atoms. The lowest BCUT2D eigenvalue weighted by Gasteiger charge is -2.08. The lowest BCUT2D eigenvalue weighted by molar-refractivity contribution is 0.102. The van der Waals surface area contributed by atoms with Crippen molar-refractivity contribution < 1.29 is 31.5 Å². The maximum absolute atomic E-state index is 13.5. The molecule has 7 heteroatoms. The van der Waals surface area contributed by atoms with Crippen molar-refractivity contribution in [2.75, 3.05) is 7.11 Å². The van der Waals surface area contributed by atoms with E-state index in [0.717, 1.165) is 6.07 Å². The Morgan fingerprint density at radius 1 is 0.905 bits per heavy atom. The van der Waals surface area contributed by atoms with Crippen LogP contribution in [-0.2, 0) is 0 Å². The highest BCUT2D eigenvalue weighted by atomic mass is 19.2. The summed E-state index contributed by atoms with van der Waals surface area (Å²) in [4.78, 5) is 12.0. The minimum absolute atomic E-state index is 0.199. The number of methoxy groups -OCH3 is 1. The monoisotopic (exact) mass is 302 g/mol. The van der Waals surface area contributed by atoms with Crippen molar-refractivity contribution in [2.24, 2.45) is 0 Å². The fourth-order valence-electron chi connectivity index (χ4n) is 1.71. The van der Waals surface area contributed by atoms with E-state index in [9.17, 15) is 26.7 Å². The molecule has 0 saturated heterocycles. The number of benzene rings is 2. The Hall–Kier alpha value is -2.44. The first-order valence-corrected chi connectivity index (χ1v) is 5.58. The number of ether oxygens (including phenoxy) is 1. The van der Waals surface area contributed by atoms with Gasteiger partial charge in [-0.25, -0.2) is 22.0 Å². The smallest absolute Gasteiger partial charge is 0.200 e. The van der Waals surface area contributed by atoms with E-state index in [1.54, 1.807) is 0 Å². The molecule has 0 amide bonds. The van der Waals surface area contributed by atoms with Gasteiger partial charge in [-0.1, -0.05) is 12.1 Å². The molecule has 0 heterocycles. The fourth-order valence-corrected chi connectivity index (χ4v) is 1.71. The molecule has 0 fully saturated rings. The Balaban J connectivity index is 2.63. The molecule has 0 radical (unpaired) electrons. The number of halogens is 5. The van der Waals surface area contributed by atoms with Crippen LogP contribution in [0.2, 0.25) is 0 Å². The molecule has 0 bridgehead atoms. The van der Waals surface area contributed by atoms with E-state index in [2.05, 4.69) is 0 Å². The van der Waals surface area contributed by atoms with Crippen LogP contribution >= 0.6 is 0 Å². The van der Waals surface area contributed by atoms with Crippen molar-refractivity contribution in [3.63, 3.8) is 0 Å². The number of hydrogen-bond acceptors (Lipinski definition) is 2. The molecule has 2 rings (SSSR count). The molecule has 2 nitrogen and oxygen atoms in total. The van der Waals surface area contributed by atoms with E-state index in [1.807, 2.05) is 0 Å². The van der Waals surface area contributed by atoms with Gasteiger partial charge in [-0.05, 0) is 12.1 Å². The van der Waals surface area contributed by atoms with Crippen molar-refractivity contribution in [3.8, 4) is 5.75 Å². The molecular weight excluding hydrogens is 295 g/mol. The Kier molecular flexibility index (Phi) is 3.93. The standard InChI is InChI=1S/C14H7F5O2/c1-21-7-4-2-3-6(5-7)14(20)8-9(15)11(17)13(19)12(18)10(8)16/h2-5H,1H3. The molecule has 0 aliphatic rings. The first kappa shape index (κ1) is 15.0. The van der Waals surface area contributed by atoms with Gasteiger partial charge in [-0.15, -0.1) is 0 Å². The van der Waals surface area contributed by atoms with Gasteiger partial charge in [0.2, 0.25) is 5.82 Å². The van der Waals surface area contributed by atoms with Crippen LogP contribution in [0.4, 0.5) is 22.0 Å². The quantitative estimate of drug-likeness (QED) is 0.375. The molecule has 0 atom stereocenters. The minimum atomic E-state index is -2.31. The summed E-state index contributed by atoms with van der Waals surface area (Å²) in [6.07, 6.45) is 0. The van der Waals surface area contributed by atoms with E-state index >= 15 is 0 Å². The third-order valence-corrected chi connectivity index (χ3v) is 2.77. The second kappa shape index (κ2) is 5.51. The lowest BCUT2D eigenvalue weighted by atomic mass is 10.0. The highest BCUT2D eigenvalue weighted by Gasteiger charge is 2.30. The Labute approximate surface area is 115 Å². The third kappa shape index (κ3) is 2.46. The van der Waals surface area contributed by atoms with Crippen molar-refractivity contribution >= 4 is 5.78 Å². The van der Waals surface area contributed by atoms with Crippen LogP contribution in [-0.4, -0.2) is 12.9 Å². The number of rotatable bonds is 3. The van der Waals surface area contributed by atoms with Gasteiger partial charge in [0.1, 0.15) is 11.3 Å². The topological polar surface area (TPSA) is 26.3 Å². The SMILES string of the molecule is COc1cccc(C(=O)c2c(F)c(F)c(F)c(F)c2F)c1. The van der Waals surface area contributed by atoms with Gasteiger partial charge in [0, 0.05) is 5.56 Å². The molecular formula is C14H7F5O2. The summed E-state index contributed by atoms with van der Waals surface area (Å²) >= 11 is 0. The fraction of sp³-hybridized carbons (Fsp3) is 0.0714. The number of hydrogen-bond donors (Lipinski definition) is 0. The molecule has 0 aliphatic carbocycles. The van der Waals surface area contributed by atoms with Crippen LogP contribution in [0.5, 0.6) is 5.75 Å². The molecule has 0 unspecified atom stereocenters. The molecule has 0 N–H and O–H groups in total. The molecule has 110 valence electrons. The third-order valence-electron chi connectivity index (χ3n) is 2.77. The molecule has 0 aliphatic heterocycles. The largest absolute Gasteiger partial charge is 0.497 e. The van der Waals surface area contributed by atoms with E-state index in [4.69, 9.17) is 4.74 Å². The first-order chi connectivity index (χ1) is 9.88. The second-order valence-electron chi connectivity index (χ2n) is 4.01. The van der Waals surface area contributed by atoms with Gasteiger partial charge >= 0.3 is 0 Å². The lowest BCUT2D eigenvalue weighted by Crippen LogP contribution is -2.13. The van der Waals surface area contributed by atoms with Crippen LogP contribution < -0.4 is 4.74 Å². The Bertz CT molecular complexity index is 699. The summed E-state index contributed by atoms with van der Waals surface area (Å²) in [7, 11) is 1.29. The predicted molar refractivity (Wildman–Crippen MR) is 62.7 cm³/mol. The predicted octanol–water partition coefficient (Wildman–Crippen LogP) is 3.62. The van der Waals surface area contributed by atoms with E-state index in [0.29, 0.717) is 0 Å². The Morgan fingerprint density at radius 3 is 1.95 bits per heavy atom. The average Bonchev–Trinajstić information content (AvgIpc) is 2.51. The zero-order valence-electron chi connectivity index (χ0n) is 10.5. The number of carbonyl (C=O) groups is 1. The number of ketones is 1. The van der Waals surface area contributed by atoms with Gasteiger partial charge in [0.15, 0.2) is 29.1 Å². The van der Waals surface area contributed by atoms with Gasteiger partial charge in [0.05, 0.1) is 7.11 Å². The summed E-state index contributed by atoms with van der Waals surface area (Å²) < 4.78 is 71.0. The number of carbonyl (C=O) groups excluding carboxylic acids is 1. The average molecular weight is 302 g/mol. The van der Waals surface area contributed by atoms with E-state index in [-0.39, 0.29) is 11.3 Å². The van der Waals surface area contributed by atoms with Crippen LogP contribution in [0, 0.1) is 29.1 Å². The Morgan fingerprint density at radius 2 is 1.43 bits per heavy atom. The maximum Gasteiger partial charge on any atom is 0.200 e. The maximum atomic E-state index is 13.5. The summed E-state index contributed by atoms with van der Waals surface area (Å²) in [5.41, 5.74) is -1.77. The normalized spacial score (nSPS) is 10.6. The van der Waals surface area contributed by atoms with Gasteiger partial charge in [-0.2, -0.15) is 0 Å². The zero-order chi connectivity index (χ0) is 15.7. The van der Waals surface area contributed by atoms with Crippen molar-refractivity contribution in [1.29, 1.82) is 0 Å². The summed E-state index contributed by atoms with van der Waals surface area (Å²) in [5, 5.41) is 0. The summed E-state index contributed by atoms with van der Waals surface area (Å²) in [6, 6.07) is 5.09. The minimum Gasteiger partial charge on any atom is -0.497 e. The highest BCUT2D eigenvalue weighted by Crippen LogP contribution is 2.26. The first-order valence-electron chi connectivity index (χ1n) is 5.58. The molecule has 2 aromatic carbocycles. The molecule has 21 heavy (non-hydrogen) atoms. The van der Waals surface area contributed by atoms with Crippen LogP contribution in [0.15, 0.2) is 24.3 Å². The van der Waals surface area contributed by atoms with Crippen LogP contribution in [0.25, 0.3) is 0 Å². The summed E-state index contributed by atoms with van der Waals surface area (Å²) in [6.45, 7) is 0. The molecule has 0 saturated carbocycles. The van der Waals surface area contributed by atoms with Crippen LogP contribution in [0.3, 0.4) is 0 Å². The molecule has 2 aromatic rings. The van der Waals surface area contributed by atoms with Crippen molar-refractivity contribution in [3.05, 3.63) is 64.5 Å². The van der Waals surface area contributed by atoms with Gasteiger partial charge in [0.25, 0.3) is 0 Å². The van der Waals surface area contributed by atoms with Gasteiger partial charge < -0.3 is 4.74 Å². The van der Waals surface area contributed by atoms with Crippen LogP contribution in [0.1, 0.15) is 15.9 Å². The van der Waals surface area contributed by atoms with Gasteiger partial charge in [-0.3, -0.25) is 4.79 Å².